The van der Waals surface area contributed by atoms with Crippen molar-refractivity contribution in [1.29, 1.82) is 0 Å². The number of carbonyl (C=O) groups excluding carboxylic acids is 1. The first-order chi connectivity index (χ1) is 17.2. The highest BCUT2D eigenvalue weighted by Crippen LogP contribution is 2.39. The molecule has 182 valence electrons. The van der Waals surface area contributed by atoms with Gasteiger partial charge in [-0.05, 0) is 60.5 Å². The molecule has 4 aromatic rings. The van der Waals surface area contributed by atoms with Crippen molar-refractivity contribution in [3.8, 4) is 5.00 Å². The van der Waals surface area contributed by atoms with Crippen molar-refractivity contribution in [2.75, 3.05) is 5.32 Å². The molecule has 0 saturated carbocycles. The minimum absolute atomic E-state index is 0.205. The molecule has 1 aliphatic heterocycles. The maximum Gasteiger partial charge on any atom is 0.306 e. The Morgan fingerprint density at radius 2 is 1.89 bits per heavy atom. The van der Waals surface area contributed by atoms with Crippen molar-refractivity contribution in [2.24, 2.45) is 4.99 Å². The number of fused-ring (bicyclic) bond motifs is 3. The monoisotopic (exact) mass is 564 g/mol. The third kappa shape index (κ3) is 4.35. The SMILES string of the molecule is Cc1sc2c(c1C)C(c1ccc(NC(=O)c3cncc(Br)c3)cc1)=N[C@@H](CC(=O)O)c1nnc(C)n1-2. The zero-order valence-electron chi connectivity index (χ0n) is 19.6. The van der Waals surface area contributed by atoms with Gasteiger partial charge in [-0.25, -0.2) is 0 Å². The Morgan fingerprint density at radius 3 is 2.58 bits per heavy atom. The number of rotatable bonds is 5. The molecule has 11 heteroatoms. The second-order valence-electron chi connectivity index (χ2n) is 8.42. The van der Waals surface area contributed by atoms with E-state index in [1.54, 1.807) is 35.7 Å². The fourth-order valence-electron chi connectivity index (χ4n) is 4.14. The lowest BCUT2D eigenvalue weighted by atomic mass is 9.99. The van der Waals surface area contributed by atoms with Crippen LogP contribution in [-0.2, 0) is 4.79 Å². The topological polar surface area (TPSA) is 122 Å². The van der Waals surface area contributed by atoms with Gasteiger partial charge in [-0.15, -0.1) is 21.5 Å². The summed E-state index contributed by atoms with van der Waals surface area (Å²) >= 11 is 4.94. The summed E-state index contributed by atoms with van der Waals surface area (Å²) in [6.07, 6.45) is 2.91. The minimum Gasteiger partial charge on any atom is -0.481 e. The molecule has 1 atom stereocenters. The van der Waals surface area contributed by atoms with Gasteiger partial charge in [0, 0.05) is 38.6 Å². The average Bonchev–Trinajstić information content (AvgIpc) is 3.31. The molecule has 36 heavy (non-hydrogen) atoms. The quantitative estimate of drug-likeness (QED) is 0.350. The number of nitrogens with one attached hydrogen (secondary N) is 1. The number of carboxylic acids is 1. The molecule has 9 nitrogen and oxygen atoms in total. The third-order valence-electron chi connectivity index (χ3n) is 5.99. The Hall–Kier alpha value is -3.70. The van der Waals surface area contributed by atoms with E-state index in [9.17, 15) is 14.7 Å². The molecule has 0 bridgehead atoms. The van der Waals surface area contributed by atoms with Crippen LogP contribution in [0.5, 0.6) is 0 Å². The number of aromatic nitrogens is 4. The molecular formula is C25H21BrN6O3S. The van der Waals surface area contributed by atoms with Crippen molar-refractivity contribution in [2.45, 2.75) is 33.2 Å². The molecule has 1 amide bonds. The zero-order chi connectivity index (χ0) is 25.6. The van der Waals surface area contributed by atoms with E-state index in [0.717, 1.165) is 31.0 Å². The van der Waals surface area contributed by atoms with Crippen molar-refractivity contribution >= 4 is 50.5 Å². The molecule has 4 heterocycles. The number of carboxylic acid groups (broad SMARTS) is 1. The van der Waals surface area contributed by atoms with E-state index in [-0.39, 0.29) is 12.3 Å². The fraction of sp³-hybridized carbons (Fsp3) is 0.200. The number of hydrogen-bond donors (Lipinski definition) is 2. The number of pyridine rings is 1. The van der Waals surface area contributed by atoms with Crippen LogP contribution in [0.1, 0.15) is 56.0 Å². The molecular weight excluding hydrogens is 544 g/mol. The Morgan fingerprint density at radius 1 is 1.14 bits per heavy atom. The highest BCUT2D eigenvalue weighted by Gasteiger charge is 2.32. The Bertz CT molecular complexity index is 1540. The molecule has 0 fully saturated rings. The van der Waals surface area contributed by atoms with Gasteiger partial charge in [0.25, 0.3) is 5.91 Å². The molecule has 0 unspecified atom stereocenters. The van der Waals surface area contributed by atoms with Crippen LogP contribution in [0, 0.1) is 20.8 Å². The number of aryl methyl sites for hydroxylation is 2. The van der Waals surface area contributed by atoms with Crippen molar-refractivity contribution in [3.05, 3.63) is 86.0 Å². The van der Waals surface area contributed by atoms with Crippen LogP contribution >= 0.6 is 27.3 Å². The highest BCUT2D eigenvalue weighted by molar-refractivity contribution is 9.10. The minimum atomic E-state index is -0.964. The van der Waals surface area contributed by atoms with Gasteiger partial charge in [0.15, 0.2) is 5.82 Å². The zero-order valence-corrected chi connectivity index (χ0v) is 22.0. The predicted molar refractivity (Wildman–Crippen MR) is 140 cm³/mol. The first-order valence-electron chi connectivity index (χ1n) is 11.1. The summed E-state index contributed by atoms with van der Waals surface area (Å²) in [5.41, 5.74) is 4.56. The largest absolute Gasteiger partial charge is 0.481 e. The number of nitrogens with zero attached hydrogens (tertiary/aromatic N) is 5. The smallest absolute Gasteiger partial charge is 0.306 e. The third-order valence-corrected chi connectivity index (χ3v) is 7.62. The summed E-state index contributed by atoms with van der Waals surface area (Å²) in [6, 6.07) is 8.36. The van der Waals surface area contributed by atoms with Gasteiger partial charge >= 0.3 is 5.97 Å². The lowest BCUT2D eigenvalue weighted by molar-refractivity contribution is -0.137. The second-order valence-corrected chi connectivity index (χ2v) is 10.5. The van der Waals surface area contributed by atoms with Crippen molar-refractivity contribution < 1.29 is 14.7 Å². The van der Waals surface area contributed by atoms with E-state index < -0.39 is 12.0 Å². The lowest BCUT2D eigenvalue weighted by Crippen LogP contribution is -2.13. The summed E-state index contributed by atoms with van der Waals surface area (Å²) in [4.78, 5) is 34.4. The second kappa shape index (κ2) is 9.40. The van der Waals surface area contributed by atoms with Crippen LogP contribution in [0.25, 0.3) is 5.00 Å². The number of halogens is 1. The van der Waals surface area contributed by atoms with E-state index in [0.29, 0.717) is 28.6 Å². The molecule has 2 N–H and O–H groups in total. The van der Waals surface area contributed by atoms with Gasteiger partial charge in [0.05, 0.1) is 17.7 Å². The van der Waals surface area contributed by atoms with Crippen molar-refractivity contribution in [3.63, 3.8) is 0 Å². The van der Waals surface area contributed by atoms with Crippen LogP contribution < -0.4 is 5.32 Å². The molecule has 5 rings (SSSR count). The van der Waals surface area contributed by atoms with Crippen molar-refractivity contribution in [1.82, 2.24) is 19.7 Å². The number of anilines is 1. The summed E-state index contributed by atoms with van der Waals surface area (Å²) in [5, 5.41) is 21.9. The Kier molecular flexibility index (Phi) is 6.27. The summed E-state index contributed by atoms with van der Waals surface area (Å²) < 4.78 is 2.64. The molecule has 3 aromatic heterocycles. The van der Waals surface area contributed by atoms with Crippen LogP contribution in [0.15, 0.2) is 52.2 Å². The van der Waals surface area contributed by atoms with Gasteiger partial charge in [0.2, 0.25) is 0 Å². The highest BCUT2D eigenvalue weighted by atomic mass is 79.9. The molecule has 0 spiro atoms. The number of amides is 1. The summed E-state index contributed by atoms with van der Waals surface area (Å²) in [7, 11) is 0. The predicted octanol–water partition coefficient (Wildman–Crippen LogP) is 5.03. The van der Waals surface area contributed by atoms with E-state index in [1.165, 1.54) is 6.20 Å². The molecule has 1 aromatic carbocycles. The van der Waals surface area contributed by atoms with E-state index in [4.69, 9.17) is 4.99 Å². The van der Waals surface area contributed by atoms with E-state index in [2.05, 4.69) is 43.4 Å². The standard InChI is InChI=1S/C25H21BrN6O3S/c1-12-13(2)36-25-21(12)22(29-19(9-20(33)34)23-31-30-14(3)32(23)25)15-4-6-18(7-5-15)28-24(35)16-8-17(26)11-27-10-16/h4-8,10-11,19H,9H2,1-3H3,(H,28,35)(H,33,34)/t19-/m0/s1. The number of carbonyl (C=O) groups is 2. The van der Waals surface area contributed by atoms with Crippen LogP contribution in [0.2, 0.25) is 0 Å². The number of aliphatic imine (C=N–C) groups is 1. The van der Waals surface area contributed by atoms with Crippen LogP contribution in [-0.4, -0.2) is 42.4 Å². The van der Waals surface area contributed by atoms with E-state index in [1.807, 2.05) is 30.5 Å². The number of benzene rings is 1. The summed E-state index contributed by atoms with van der Waals surface area (Å²) in [6.45, 7) is 5.94. The molecule has 0 radical (unpaired) electrons. The van der Waals surface area contributed by atoms with Gasteiger partial charge in [-0.1, -0.05) is 12.1 Å². The maximum absolute atomic E-state index is 12.6. The first kappa shape index (κ1) is 24.0. The summed E-state index contributed by atoms with van der Waals surface area (Å²) in [5.74, 6) is -0.0446. The Labute approximate surface area is 219 Å². The first-order valence-corrected chi connectivity index (χ1v) is 12.7. The van der Waals surface area contributed by atoms with Gasteiger partial charge < -0.3 is 10.4 Å². The van der Waals surface area contributed by atoms with Gasteiger partial charge in [0.1, 0.15) is 16.9 Å². The maximum atomic E-state index is 12.6. The number of thiophene rings is 1. The normalized spacial score (nSPS) is 14.4. The molecule has 0 aliphatic carbocycles. The van der Waals surface area contributed by atoms with Gasteiger partial charge in [-0.2, -0.15) is 0 Å². The van der Waals surface area contributed by atoms with Gasteiger partial charge in [-0.3, -0.25) is 24.1 Å². The molecule has 1 aliphatic rings. The average molecular weight is 565 g/mol. The number of hydrogen-bond acceptors (Lipinski definition) is 7. The molecule has 0 saturated heterocycles. The van der Waals surface area contributed by atoms with Crippen LogP contribution in [0.4, 0.5) is 5.69 Å². The Balaban J connectivity index is 1.55. The lowest BCUT2D eigenvalue weighted by Gasteiger charge is -2.12. The number of aliphatic carboxylic acids is 1. The van der Waals surface area contributed by atoms with E-state index >= 15 is 0 Å². The fourth-order valence-corrected chi connectivity index (χ4v) is 5.72. The van der Waals surface area contributed by atoms with Crippen LogP contribution in [0.3, 0.4) is 0 Å².